The van der Waals surface area contributed by atoms with E-state index in [-0.39, 0.29) is 34.0 Å². The Labute approximate surface area is 147 Å². The van der Waals surface area contributed by atoms with Crippen LogP contribution in [0.4, 0.5) is 11.6 Å². The van der Waals surface area contributed by atoms with E-state index in [0.717, 1.165) is 12.1 Å². The number of benzene rings is 1. The quantitative estimate of drug-likeness (QED) is 0.316. The molecule has 0 fully saturated rings. The zero-order valence-corrected chi connectivity index (χ0v) is 13.7. The van der Waals surface area contributed by atoms with Gasteiger partial charge in [0.15, 0.2) is 17.3 Å². The van der Waals surface area contributed by atoms with Gasteiger partial charge in [0.1, 0.15) is 4.92 Å². The molecular weight excluding hydrogens is 404 g/mol. The number of nitro benzene ring substituents is 1. The standard InChI is InChI=1S/C14H7BrN2O8/c15-8(14(18)10-1-2-13(25-10)17(21)22)3-7-4-11-12(24-6-23-11)5-9(7)16(19)20/h1-5H,6H2/b8-3+. The molecule has 0 amide bonds. The smallest absolute Gasteiger partial charge is 0.433 e. The second-order valence-electron chi connectivity index (χ2n) is 4.74. The van der Waals surface area contributed by atoms with Gasteiger partial charge < -0.3 is 13.9 Å². The Bertz CT molecular complexity index is 933. The topological polar surface area (TPSA) is 135 Å². The summed E-state index contributed by atoms with van der Waals surface area (Å²) in [4.78, 5) is 32.6. The largest absolute Gasteiger partial charge is 0.454 e. The summed E-state index contributed by atoms with van der Waals surface area (Å²) in [5.41, 5.74) is -0.199. The van der Waals surface area contributed by atoms with Crippen molar-refractivity contribution in [3.8, 4) is 11.5 Å². The van der Waals surface area contributed by atoms with Gasteiger partial charge in [-0.05, 0) is 34.1 Å². The monoisotopic (exact) mass is 410 g/mol. The highest BCUT2D eigenvalue weighted by Gasteiger charge is 2.24. The average Bonchev–Trinajstić information content (AvgIpc) is 3.21. The summed E-state index contributed by atoms with van der Waals surface area (Å²) < 4.78 is 15.0. The molecule has 0 N–H and O–H groups in total. The number of hydrogen-bond acceptors (Lipinski definition) is 8. The van der Waals surface area contributed by atoms with Crippen molar-refractivity contribution < 1.29 is 28.5 Å². The van der Waals surface area contributed by atoms with Crippen LogP contribution >= 0.6 is 15.9 Å². The first-order chi connectivity index (χ1) is 11.9. The van der Waals surface area contributed by atoms with Gasteiger partial charge in [-0.15, -0.1) is 0 Å². The van der Waals surface area contributed by atoms with E-state index in [4.69, 9.17) is 13.9 Å². The van der Waals surface area contributed by atoms with Gasteiger partial charge in [-0.3, -0.25) is 25.0 Å². The summed E-state index contributed by atoms with van der Waals surface area (Å²) in [6, 6.07) is 4.73. The lowest BCUT2D eigenvalue weighted by Crippen LogP contribution is -1.98. The fourth-order valence-corrected chi connectivity index (χ4v) is 2.53. The van der Waals surface area contributed by atoms with Gasteiger partial charge in [-0.1, -0.05) is 0 Å². The zero-order valence-electron chi connectivity index (χ0n) is 12.1. The molecular formula is C14H7BrN2O8. The van der Waals surface area contributed by atoms with Crippen LogP contribution in [0.2, 0.25) is 0 Å². The number of fused-ring (bicyclic) bond motifs is 1. The second kappa shape index (κ2) is 6.36. The molecule has 1 aromatic heterocycles. The number of furan rings is 1. The molecule has 0 saturated heterocycles. The summed E-state index contributed by atoms with van der Waals surface area (Å²) >= 11 is 3.01. The maximum atomic E-state index is 12.2. The summed E-state index contributed by atoms with van der Waals surface area (Å²) in [6.07, 6.45) is 1.21. The summed E-state index contributed by atoms with van der Waals surface area (Å²) in [5, 5.41) is 21.8. The van der Waals surface area contributed by atoms with E-state index in [1.807, 2.05) is 0 Å². The lowest BCUT2D eigenvalue weighted by atomic mass is 10.1. The van der Waals surface area contributed by atoms with Crippen molar-refractivity contribution >= 4 is 39.4 Å². The SMILES string of the molecule is O=C(/C(Br)=C\c1cc2c(cc1[N+](=O)[O-])OCO2)c1ccc([N+](=O)[O-])o1. The van der Waals surface area contributed by atoms with Crippen LogP contribution in [0.1, 0.15) is 16.1 Å². The lowest BCUT2D eigenvalue weighted by Gasteiger charge is -2.02. The van der Waals surface area contributed by atoms with Gasteiger partial charge in [0.25, 0.3) is 5.69 Å². The van der Waals surface area contributed by atoms with Gasteiger partial charge in [-0.25, -0.2) is 0 Å². The molecule has 0 aliphatic carbocycles. The number of allylic oxidation sites excluding steroid dienone is 1. The van der Waals surface area contributed by atoms with Crippen LogP contribution in [0.25, 0.3) is 6.08 Å². The number of halogens is 1. The third-order valence-electron chi connectivity index (χ3n) is 3.21. The van der Waals surface area contributed by atoms with Gasteiger partial charge in [0.05, 0.1) is 27.1 Å². The third-order valence-corrected chi connectivity index (χ3v) is 3.80. The van der Waals surface area contributed by atoms with Crippen LogP contribution in [0.5, 0.6) is 11.5 Å². The molecule has 2 heterocycles. The van der Waals surface area contributed by atoms with E-state index >= 15 is 0 Å². The van der Waals surface area contributed by atoms with E-state index < -0.39 is 21.5 Å². The van der Waals surface area contributed by atoms with Crippen LogP contribution in [-0.2, 0) is 0 Å². The fraction of sp³-hybridized carbons (Fsp3) is 0.0714. The molecule has 0 spiro atoms. The molecule has 1 aliphatic heterocycles. The highest BCUT2D eigenvalue weighted by atomic mass is 79.9. The number of carbonyl (C=O) groups is 1. The van der Waals surface area contributed by atoms with Crippen molar-refractivity contribution in [2.24, 2.45) is 0 Å². The van der Waals surface area contributed by atoms with Crippen LogP contribution < -0.4 is 9.47 Å². The number of rotatable bonds is 5. The predicted octanol–water partition coefficient (Wildman–Crippen LogP) is 3.44. The number of ketones is 1. The molecule has 0 unspecified atom stereocenters. The van der Waals surface area contributed by atoms with Crippen molar-refractivity contribution in [1.29, 1.82) is 0 Å². The molecule has 3 rings (SSSR count). The lowest BCUT2D eigenvalue weighted by molar-refractivity contribution is -0.402. The highest BCUT2D eigenvalue weighted by molar-refractivity contribution is 9.12. The minimum atomic E-state index is -0.781. The van der Waals surface area contributed by atoms with Crippen LogP contribution in [-0.4, -0.2) is 22.4 Å². The molecule has 0 bridgehead atoms. The predicted molar refractivity (Wildman–Crippen MR) is 85.8 cm³/mol. The first-order valence-electron chi connectivity index (χ1n) is 6.61. The van der Waals surface area contributed by atoms with E-state index in [2.05, 4.69) is 15.9 Å². The number of nitro groups is 2. The molecule has 2 aromatic rings. The zero-order chi connectivity index (χ0) is 18.1. The Morgan fingerprint density at radius 3 is 2.40 bits per heavy atom. The fourth-order valence-electron chi connectivity index (χ4n) is 2.09. The van der Waals surface area contributed by atoms with Crippen molar-refractivity contribution in [3.05, 3.63) is 60.3 Å². The molecule has 25 heavy (non-hydrogen) atoms. The van der Waals surface area contributed by atoms with Crippen molar-refractivity contribution in [3.63, 3.8) is 0 Å². The minimum absolute atomic E-state index is 0.0597. The normalized spacial score (nSPS) is 12.9. The van der Waals surface area contributed by atoms with Crippen molar-refractivity contribution in [2.45, 2.75) is 0 Å². The van der Waals surface area contributed by atoms with E-state index in [1.165, 1.54) is 18.2 Å². The molecule has 11 heteroatoms. The van der Waals surface area contributed by atoms with Crippen LogP contribution in [0.15, 0.2) is 33.2 Å². The van der Waals surface area contributed by atoms with Gasteiger partial charge in [0.2, 0.25) is 12.6 Å². The van der Waals surface area contributed by atoms with Crippen molar-refractivity contribution in [1.82, 2.24) is 0 Å². The maximum absolute atomic E-state index is 12.2. The molecule has 1 aliphatic rings. The van der Waals surface area contributed by atoms with E-state index in [1.54, 1.807) is 0 Å². The Kier molecular flexibility index (Phi) is 4.23. The number of Topliss-reactive ketones (excluding diaryl/α,β-unsaturated/α-hetero) is 1. The Morgan fingerprint density at radius 2 is 1.80 bits per heavy atom. The second-order valence-corrected chi connectivity index (χ2v) is 5.59. The number of carbonyl (C=O) groups excluding carboxylic acids is 1. The van der Waals surface area contributed by atoms with Gasteiger partial charge in [-0.2, -0.15) is 0 Å². The van der Waals surface area contributed by atoms with Gasteiger partial charge in [0, 0.05) is 0 Å². The number of nitrogens with zero attached hydrogens (tertiary/aromatic N) is 2. The molecule has 10 nitrogen and oxygen atoms in total. The summed E-state index contributed by atoms with van der Waals surface area (Å²) in [6.45, 7) is -0.0597. The van der Waals surface area contributed by atoms with Crippen LogP contribution in [0, 0.1) is 20.2 Å². The first-order valence-corrected chi connectivity index (χ1v) is 7.40. The minimum Gasteiger partial charge on any atom is -0.454 e. The average molecular weight is 411 g/mol. The van der Waals surface area contributed by atoms with Crippen molar-refractivity contribution in [2.75, 3.05) is 6.79 Å². The molecule has 128 valence electrons. The number of hydrogen-bond donors (Lipinski definition) is 0. The maximum Gasteiger partial charge on any atom is 0.433 e. The van der Waals surface area contributed by atoms with E-state index in [9.17, 15) is 25.0 Å². The van der Waals surface area contributed by atoms with E-state index in [0.29, 0.717) is 5.75 Å². The molecule has 0 atom stereocenters. The van der Waals surface area contributed by atoms with Gasteiger partial charge >= 0.3 is 5.88 Å². The number of ether oxygens (including phenoxy) is 2. The van der Waals surface area contributed by atoms with Crippen LogP contribution in [0.3, 0.4) is 0 Å². The Balaban J connectivity index is 1.97. The highest BCUT2D eigenvalue weighted by Crippen LogP contribution is 2.39. The third kappa shape index (κ3) is 3.21. The first kappa shape index (κ1) is 16.6. The Hall–Kier alpha value is -3.21. The Morgan fingerprint density at radius 1 is 1.12 bits per heavy atom. The summed E-state index contributed by atoms with van der Waals surface area (Å²) in [5.74, 6) is -1.04. The molecule has 0 radical (unpaired) electrons. The molecule has 0 saturated carbocycles. The molecule has 1 aromatic carbocycles. The summed E-state index contributed by atoms with van der Waals surface area (Å²) in [7, 11) is 0.